The first kappa shape index (κ1) is 20.8. The van der Waals surface area contributed by atoms with Crippen molar-refractivity contribution in [2.75, 3.05) is 6.54 Å². The van der Waals surface area contributed by atoms with Crippen molar-refractivity contribution in [2.45, 2.75) is 19.3 Å². The van der Waals surface area contributed by atoms with E-state index in [9.17, 15) is 27.9 Å². The molecule has 2 aromatic carbocycles. The van der Waals surface area contributed by atoms with Crippen molar-refractivity contribution in [1.82, 2.24) is 19.0 Å². The summed E-state index contributed by atoms with van der Waals surface area (Å²) in [4.78, 5) is 29.9. The van der Waals surface area contributed by atoms with Gasteiger partial charge in [0.2, 0.25) is 0 Å². The summed E-state index contributed by atoms with van der Waals surface area (Å²) >= 11 is 0. The Balaban J connectivity index is 1.47. The fourth-order valence-electron chi connectivity index (χ4n) is 4.05. The largest absolute Gasteiger partial charge is 0.465 e. The molecule has 1 amide bonds. The number of aromatic nitrogens is 3. The molecule has 0 bridgehead atoms. The van der Waals surface area contributed by atoms with Gasteiger partial charge in [0.15, 0.2) is 0 Å². The fourth-order valence-corrected chi connectivity index (χ4v) is 4.05. The van der Waals surface area contributed by atoms with Crippen LogP contribution >= 0.6 is 0 Å². The van der Waals surface area contributed by atoms with Crippen LogP contribution in [0.15, 0.2) is 65.6 Å². The summed E-state index contributed by atoms with van der Waals surface area (Å²) in [5.41, 5.74) is 2.01. The maximum absolute atomic E-state index is 12.8. The molecule has 5 rings (SSSR count). The van der Waals surface area contributed by atoms with E-state index >= 15 is 0 Å². The Kier molecular flexibility index (Phi) is 4.73. The number of fused-ring (bicyclic) bond motifs is 3. The zero-order valence-electron chi connectivity index (χ0n) is 17.1. The zero-order chi connectivity index (χ0) is 23.3. The number of amides is 1. The minimum absolute atomic E-state index is 0.196. The molecule has 0 spiro atoms. The van der Waals surface area contributed by atoms with E-state index in [2.05, 4.69) is 4.98 Å². The lowest BCUT2D eigenvalue weighted by atomic mass is 10.0. The van der Waals surface area contributed by atoms with Crippen LogP contribution in [0.5, 0.6) is 0 Å². The molecular formula is C23H17F3N4O3. The van der Waals surface area contributed by atoms with Gasteiger partial charge in [-0.25, -0.2) is 9.78 Å². The van der Waals surface area contributed by atoms with Gasteiger partial charge in [-0.05, 0) is 47.5 Å². The highest BCUT2D eigenvalue weighted by molar-refractivity contribution is 5.79. The van der Waals surface area contributed by atoms with Crippen LogP contribution in [0, 0.1) is 0 Å². The van der Waals surface area contributed by atoms with Crippen LogP contribution in [-0.2, 0) is 19.3 Å². The smallest absolute Gasteiger partial charge is 0.416 e. The first-order chi connectivity index (χ1) is 15.7. The molecular weight excluding hydrogens is 437 g/mol. The number of pyridine rings is 1. The first-order valence-electron chi connectivity index (χ1n) is 10.1. The predicted molar refractivity (Wildman–Crippen MR) is 114 cm³/mol. The van der Waals surface area contributed by atoms with E-state index in [4.69, 9.17) is 0 Å². The number of nitrogens with zero attached hydrogens (tertiary/aromatic N) is 4. The lowest BCUT2D eigenvalue weighted by Gasteiger charge is -2.25. The molecule has 0 aliphatic carbocycles. The van der Waals surface area contributed by atoms with Crippen LogP contribution in [0.1, 0.15) is 11.4 Å². The summed E-state index contributed by atoms with van der Waals surface area (Å²) < 4.78 is 41.7. The Morgan fingerprint density at radius 3 is 2.39 bits per heavy atom. The van der Waals surface area contributed by atoms with Crippen LogP contribution in [0.4, 0.5) is 18.0 Å². The second-order valence-corrected chi connectivity index (χ2v) is 7.76. The lowest BCUT2D eigenvalue weighted by molar-refractivity contribution is -0.137. The fraction of sp³-hybridized carbons (Fsp3) is 0.174. The topological polar surface area (TPSA) is 80.4 Å². The van der Waals surface area contributed by atoms with Gasteiger partial charge in [0.05, 0.1) is 28.8 Å². The van der Waals surface area contributed by atoms with Crippen molar-refractivity contribution in [3.63, 3.8) is 0 Å². The number of carbonyl (C=O) groups is 1. The van der Waals surface area contributed by atoms with Crippen molar-refractivity contribution in [2.24, 2.45) is 0 Å². The Bertz CT molecular complexity index is 1440. The van der Waals surface area contributed by atoms with Crippen molar-refractivity contribution >= 4 is 17.1 Å². The third-order valence-corrected chi connectivity index (χ3v) is 5.75. The summed E-state index contributed by atoms with van der Waals surface area (Å²) in [6.07, 6.45) is -3.84. The van der Waals surface area contributed by atoms with E-state index in [0.717, 1.165) is 17.6 Å². The molecule has 0 saturated carbocycles. The highest BCUT2D eigenvalue weighted by Crippen LogP contribution is 2.31. The SMILES string of the molecule is O=C(O)N1CCn2c(nc3cc(-n4ccc(-c5ccc(C(F)(F)F)cc5)cc4=O)ccc32)C1. The molecule has 33 heavy (non-hydrogen) atoms. The van der Waals surface area contributed by atoms with E-state index in [-0.39, 0.29) is 12.1 Å². The zero-order valence-corrected chi connectivity index (χ0v) is 17.1. The van der Waals surface area contributed by atoms with Gasteiger partial charge in [-0.1, -0.05) is 12.1 Å². The number of halogens is 3. The summed E-state index contributed by atoms with van der Waals surface area (Å²) in [6.45, 7) is 1.07. The molecule has 4 aromatic rings. The third-order valence-electron chi connectivity index (χ3n) is 5.75. The van der Waals surface area contributed by atoms with Gasteiger partial charge in [0.1, 0.15) is 5.82 Å². The van der Waals surface area contributed by atoms with Crippen LogP contribution in [0.25, 0.3) is 27.8 Å². The first-order valence-corrected chi connectivity index (χ1v) is 10.1. The molecule has 1 aliphatic rings. The number of carboxylic acid groups (broad SMARTS) is 1. The highest BCUT2D eigenvalue weighted by atomic mass is 19.4. The van der Waals surface area contributed by atoms with Crippen molar-refractivity contribution < 1.29 is 23.1 Å². The van der Waals surface area contributed by atoms with Crippen molar-refractivity contribution in [3.05, 3.63) is 82.5 Å². The molecule has 10 heteroatoms. The number of rotatable bonds is 2. The van der Waals surface area contributed by atoms with Gasteiger partial charge in [0, 0.05) is 25.4 Å². The van der Waals surface area contributed by atoms with Gasteiger partial charge in [-0.3, -0.25) is 14.3 Å². The second-order valence-electron chi connectivity index (χ2n) is 7.76. The molecule has 0 unspecified atom stereocenters. The average Bonchev–Trinajstić information content (AvgIpc) is 3.15. The van der Waals surface area contributed by atoms with E-state index < -0.39 is 17.8 Å². The Morgan fingerprint density at radius 1 is 0.970 bits per heavy atom. The Labute approximate surface area is 184 Å². The number of benzene rings is 2. The second kappa shape index (κ2) is 7.51. The van der Waals surface area contributed by atoms with Gasteiger partial charge < -0.3 is 9.67 Å². The summed E-state index contributed by atoms with van der Waals surface area (Å²) in [6, 6.07) is 13.1. The number of hydrogen-bond donors (Lipinski definition) is 1. The van der Waals surface area contributed by atoms with Gasteiger partial charge >= 0.3 is 12.3 Å². The minimum atomic E-state index is -4.42. The molecule has 0 saturated heterocycles. The van der Waals surface area contributed by atoms with Gasteiger partial charge in [-0.15, -0.1) is 0 Å². The number of alkyl halides is 3. The highest BCUT2D eigenvalue weighted by Gasteiger charge is 2.30. The minimum Gasteiger partial charge on any atom is -0.465 e. The Morgan fingerprint density at radius 2 is 1.73 bits per heavy atom. The summed E-state index contributed by atoms with van der Waals surface area (Å²) in [7, 11) is 0. The monoisotopic (exact) mass is 454 g/mol. The van der Waals surface area contributed by atoms with Crippen molar-refractivity contribution in [1.29, 1.82) is 0 Å². The van der Waals surface area contributed by atoms with Crippen LogP contribution in [-0.4, -0.2) is 36.8 Å². The molecule has 168 valence electrons. The third kappa shape index (κ3) is 3.73. The molecule has 2 aromatic heterocycles. The number of imidazole rings is 1. The van der Waals surface area contributed by atoms with Crippen LogP contribution < -0.4 is 5.56 Å². The summed E-state index contributed by atoms with van der Waals surface area (Å²) in [5.74, 6) is 0.640. The van der Waals surface area contributed by atoms with E-state index in [1.54, 1.807) is 24.4 Å². The number of hydrogen-bond acceptors (Lipinski definition) is 3. The van der Waals surface area contributed by atoms with Gasteiger partial charge in [-0.2, -0.15) is 13.2 Å². The van der Waals surface area contributed by atoms with E-state index in [1.165, 1.54) is 27.7 Å². The van der Waals surface area contributed by atoms with Crippen LogP contribution in [0.2, 0.25) is 0 Å². The van der Waals surface area contributed by atoms with Gasteiger partial charge in [0.25, 0.3) is 5.56 Å². The Hall–Kier alpha value is -4.08. The van der Waals surface area contributed by atoms with Crippen LogP contribution in [0.3, 0.4) is 0 Å². The van der Waals surface area contributed by atoms with E-state index in [1.807, 2.05) is 10.6 Å². The molecule has 1 aliphatic heterocycles. The molecule has 1 N–H and O–H groups in total. The standard InChI is InChI=1S/C23H17F3N4O3/c24-23(25,26)16-3-1-14(2-4-16)15-7-8-29(21(31)11-15)17-5-6-19-18(12-17)27-20-13-28(22(32)33)9-10-30(19)20/h1-8,11-12H,9-10,13H2,(H,32,33). The quantitative estimate of drug-likeness (QED) is 0.488. The molecule has 0 radical (unpaired) electrons. The normalized spacial score (nSPS) is 13.8. The maximum Gasteiger partial charge on any atom is 0.416 e. The predicted octanol–water partition coefficient (Wildman–Crippen LogP) is 4.37. The summed E-state index contributed by atoms with van der Waals surface area (Å²) in [5, 5.41) is 9.22. The van der Waals surface area contributed by atoms with E-state index in [0.29, 0.717) is 41.2 Å². The van der Waals surface area contributed by atoms with Crippen molar-refractivity contribution in [3.8, 4) is 16.8 Å². The molecule has 7 nitrogen and oxygen atoms in total. The lowest BCUT2D eigenvalue weighted by Crippen LogP contribution is -2.37. The molecule has 0 atom stereocenters. The molecule has 3 heterocycles. The average molecular weight is 454 g/mol. The maximum atomic E-state index is 12.8. The molecule has 0 fully saturated rings.